The second kappa shape index (κ2) is 18.8. The Morgan fingerprint density at radius 2 is 1.72 bits per heavy atom. The zero-order valence-electron chi connectivity index (χ0n) is 25.9. The van der Waals surface area contributed by atoms with E-state index in [0.29, 0.717) is 31.2 Å². The van der Waals surface area contributed by atoms with Gasteiger partial charge in [0, 0.05) is 17.2 Å². The maximum absolute atomic E-state index is 15.0. The molecule has 238 valence electrons. The lowest BCUT2D eigenvalue weighted by Crippen LogP contribution is -2.10. The fourth-order valence-electron chi connectivity index (χ4n) is 4.37. The number of hydrogen-bond acceptors (Lipinski definition) is 4. The van der Waals surface area contributed by atoms with Gasteiger partial charge in [-0.2, -0.15) is 13.2 Å². The summed E-state index contributed by atoms with van der Waals surface area (Å²) in [6.45, 7) is 16.5. The first-order chi connectivity index (χ1) is 20.4. The standard InChI is InChI=1S/C29H31F5O2.C3H6O2.C2H6/c1-5-7-10-35-24-15-25(29(32,33)34)28(27(31)16-24)21-8-9-26(30)23(14-21)17-36-19(4)13-22-12-18(3)11-20(22)6-2;1-2-5-3-4;1-2/h6,8-9,13-16,18H,4-5,7,10-12,17H2,1-3H3;3H,2H2,1H3;1-2H3/b20-6-,22-13-;;. The molecule has 2 aromatic rings. The molecule has 0 radical (unpaired) electrons. The van der Waals surface area contributed by atoms with Crippen molar-refractivity contribution in [2.24, 2.45) is 5.92 Å². The highest BCUT2D eigenvalue weighted by molar-refractivity contribution is 5.70. The molecule has 1 aliphatic carbocycles. The van der Waals surface area contributed by atoms with Crippen molar-refractivity contribution in [1.29, 1.82) is 0 Å². The van der Waals surface area contributed by atoms with Crippen LogP contribution in [0.15, 0.2) is 66.0 Å². The van der Waals surface area contributed by atoms with Crippen molar-refractivity contribution < 1.29 is 41.0 Å². The summed E-state index contributed by atoms with van der Waals surface area (Å²) in [7, 11) is 0. The van der Waals surface area contributed by atoms with Crippen molar-refractivity contribution in [3.05, 3.63) is 88.7 Å². The third-order valence-corrected chi connectivity index (χ3v) is 6.35. The van der Waals surface area contributed by atoms with Crippen LogP contribution in [0.25, 0.3) is 11.1 Å². The van der Waals surface area contributed by atoms with Crippen LogP contribution in [0, 0.1) is 17.6 Å². The van der Waals surface area contributed by atoms with Crippen molar-refractivity contribution in [2.45, 2.75) is 80.0 Å². The largest absolute Gasteiger partial charge is 0.493 e. The molecule has 0 aromatic heterocycles. The van der Waals surface area contributed by atoms with Crippen LogP contribution in [0.5, 0.6) is 5.75 Å². The molecule has 1 unspecified atom stereocenters. The van der Waals surface area contributed by atoms with E-state index in [1.54, 1.807) is 13.0 Å². The zero-order chi connectivity index (χ0) is 32.6. The van der Waals surface area contributed by atoms with Gasteiger partial charge in [-0.25, -0.2) is 8.78 Å². The number of benzene rings is 2. The van der Waals surface area contributed by atoms with Gasteiger partial charge in [0.2, 0.25) is 0 Å². The van der Waals surface area contributed by atoms with E-state index in [9.17, 15) is 26.7 Å². The molecular formula is C34H43F5O4. The van der Waals surface area contributed by atoms with Gasteiger partial charge in [-0.3, -0.25) is 4.79 Å². The third-order valence-electron chi connectivity index (χ3n) is 6.35. The molecule has 2 aromatic carbocycles. The fraction of sp³-hybridized carbons (Fsp3) is 0.441. The van der Waals surface area contributed by atoms with E-state index in [1.807, 2.05) is 33.8 Å². The number of alkyl halides is 3. The number of hydrogen-bond donors (Lipinski definition) is 0. The molecule has 3 rings (SSSR count). The van der Waals surface area contributed by atoms with Gasteiger partial charge in [0.15, 0.2) is 0 Å². The number of allylic oxidation sites excluding steroid dienone is 4. The summed E-state index contributed by atoms with van der Waals surface area (Å²) in [5, 5.41) is 0. The molecule has 0 bridgehead atoms. The number of unbranched alkanes of at least 4 members (excludes halogenated alkanes) is 1. The van der Waals surface area contributed by atoms with Gasteiger partial charge in [0.25, 0.3) is 6.47 Å². The smallest absolute Gasteiger partial charge is 0.417 e. The number of ether oxygens (including phenoxy) is 3. The molecule has 0 aliphatic heterocycles. The van der Waals surface area contributed by atoms with Crippen LogP contribution in [0.3, 0.4) is 0 Å². The molecule has 43 heavy (non-hydrogen) atoms. The summed E-state index contributed by atoms with van der Waals surface area (Å²) >= 11 is 0. The number of rotatable bonds is 11. The highest BCUT2D eigenvalue weighted by Gasteiger charge is 2.36. The third kappa shape index (κ3) is 11.9. The maximum atomic E-state index is 15.0. The van der Waals surface area contributed by atoms with Crippen molar-refractivity contribution in [3.63, 3.8) is 0 Å². The average molecular weight is 611 g/mol. The minimum atomic E-state index is -4.84. The maximum Gasteiger partial charge on any atom is 0.417 e. The van der Waals surface area contributed by atoms with Crippen molar-refractivity contribution in [3.8, 4) is 16.9 Å². The lowest BCUT2D eigenvalue weighted by Gasteiger charge is -2.17. The molecule has 1 aliphatic rings. The lowest BCUT2D eigenvalue weighted by atomic mass is 9.96. The highest BCUT2D eigenvalue weighted by atomic mass is 19.4. The van der Waals surface area contributed by atoms with Crippen LogP contribution in [0.2, 0.25) is 0 Å². The SMILES string of the molecule is C=C(/C=C1/CC(C)C/C1=C/C)OCc1cc(-c2c(F)cc(OCCCC)cc2C(F)(F)F)ccc1F.CC.CCOC=O. The molecule has 0 spiro atoms. The number of carbonyl (C=O) groups is 1. The van der Waals surface area contributed by atoms with E-state index in [-0.39, 0.29) is 30.1 Å². The van der Waals surface area contributed by atoms with Crippen molar-refractivity contribution in [1.82, 2.24) is 0 Å². The molecule has 0 saturated heterocycles. The zero-order valence-corrected chi connectivity index (χ0v) is 25.9. The predicted molar refractivity (Wildman–Crippen MR) is 160 cm³/mol. The quantitative estimate of drug-likeness (QED) is 0.110. The van der Waals surface area contributed by atoms with E-state index < -0.39 is 28.9 Å². The second-order valence-corrected chi connectivity index (χ2v) is 9.64. The van der Waals surface area contributed by atoms with Crippen LogP contribution in [-0.2, 0) is 27.1 Å². The summed E-state index contributed by atoms with van der Waals surface area (Å²) < 4.78 is 86.1. The first-order valence-corrected chi connectivity index (χ1v) is 14.5. The average Bonchev–Trinajstić information content (AvgIpc) is 3.32. The summed E-state index contributed by atoms with van der Waals surface area (Å²) in [5.74, 6) is -1.15. The second-order valence-electron chi connectivity index (χ2n) is 9.64. The topological polar surface area (TPSA) is 44.8 Å². The van der Waals surface area contributed by atoms with Gasteiger partial charge >= 0.3 is 6.18 Å². The van der Waals surface area contributed by atoms with E-state index >= 15 is 0 Å². The molecule has 0 N–H and O–H groups in total. The Kier molecular flexibility index (Phi) is 16.4. The Morgan fingerprint density at radius 1 is 1.05 bits per heavy atom. The number of carbonyl (C=O) groups excluding carboxylic acids is 1. The molecule has 1 fully saturated rings. The van der Waals surface area contributed by atoms with Crippen LogP contribution < -0.4 is 4.74 Å². The van der Waals surface area contributed by atoms with Gasteiger partial charge in [0.1, 0.15) is 29.8 Å². The number of halogens is 5. The van der Waals surface area contributed by atoms with Crippen LogP contribution in [0.1, 0.15) is 78.4 Å². The molecule has 1 saturated carbocycles. The summed E-state index contributed by atoms with van der Waals surface area (Å²) in [6, 6.07) is 5.02. The summed E-state index contributed by atoms with van der Waals surface area (Å²) in [5.41, 5.74) is 0.347. The highest BCUT2D eigenvalue weighted by Crippen LogP contribution is 2.41. The van der Waals surface area contributed by atoms with Crippen LogP contribution in [-0.4, -0.2) is 19.7 Å². The monoisotopic (exact) mass is 610 g/mol. The Morgan fingerprint density at radius 3 is 2.28 bits per heavy atom. The first kappa shape index (κ1) is 37.4. The summed E-state index contributed by atoms with van der Waals surface area (Å²) in [6.07, 6.45) is 2.26. The predicted octanol–water partition coefficient (Wildman–Crippen LogP) is 10.4. The van der Waals surface area contributed by atoms with Crippen LogP contribution >= 0.6 is 0 Å². The van der Waals surface area contributed by atoms with Gasteiger partial charge < -0.3 is 14.2 Å². The van der Waals surface area contributed by atoms with Crippen molar-refractivity contribution >= 4 is 6.47 Å². The molecule has 9 heteroatoms. The van der Waals surface area contributed by atoms with E-state index in [2.05, 4.69) is 18.2 Å². The molecule has 4 nitrogen and oxygen atoms in total. The van der Waals surface area contributed by atoms with Gasteiger partial charge in [-0.1, -0.05) is 52.8 Å². The molecule has 1 atom stereocenters. The normalized spacial score (nSPS) is 16.1. The Hall–Kier alpha value is -3.62. The van der Waals surface area contributed by atoms with Gasteiger partial charge in [-0.05, 0) is 80.0 Å². The van der Waals surface area contributed by atoms with Gasteiger partial charge in [0.05, 0.1) is 18.8 Å². The Bertz CT molecular complexity index is 1250. The Balaban J connectivity index is 0.00000120. The minimum Gasteiger partial charge on any atom is -0.493 e. The van der Waals surface area contributed by atoms with E-state index in [1.165, 1.54) is 11.6 Å². The van der Waals surface area contributed by atoms with E-state index in [0.717, 1.165) is 49.1 Å². The molecule has 0 amide bonds. The first-order valence-electron chi connectivity index (χ1n) is 14.5. The Labute approximate surface area is 252 Å². The van der Waals surface area contributed by atoms with Gasteiger partial charge in [-0.15, -0.1) is 0 Å². The minimum absolute atomic E-state index is 0.00565. The molecular weight excluding hydrogens is 567 g/mol. The van der Waals surface area contributed by atoms with E-state index in [4.69, 9.17) is 9.47 Å². The molecule has 0 heterocycles. The van der Waals surface area contributed by atoms with Crippen molar-refractivity contribution in [2.75, 3.05) is 13.2 Å². The summed E-state index contributed by atoms with van der Waals surface area (Å²) in [4.78, 5) is 9.18. The fourth-order valence-corrected chi connectivity index (χ4v) is 4.37. The van der Waals surface area contributed by atoms with Crippen LogP contribution in [0.4, 0.5) is 22.0 Å². The lowest BCUT2D eigenvalue weighted by molar-refractivity contribution is -0.137.